The van der Waals surface area contributed by atoms with Crippen molar-refractivity contribution in [1.29, 1.82) is 0 Å². The van der Waals surface area contributed by atoms with Gasteiger partial charge in [-0.05, 0) is 35.9 Å². The molecule has 4 aromatic rings. The monoisotopic (exact) mass is 402 g/mol. The molecule has 2 heterocycles. The lowest BCUT2D eigenvalue weighted by Gasteiger charge is -2.06. The van der Waals surface area contributed by atoms with Crippen LogP contribution in [0.3, 0.4) is 0 Å². The molecule has 1 amide bonds. The number of nitrogens with one attached hydrogen (secondary N) is 1. The number of carbonyl (C=O) groups is 1. The summed E-state index contributed by atoms with van der Waals surface area (Å²) in [5, 5.41) is 15.1. The van der Waals surface area contributed by atoms with Crippen molar-refractivity contribution >= 4 is 28.7 Å². The molecule has 4 rings (SSSR count). The van der Waals surface area contributed by atoms with Crippen LogP contribution in [-0.4, -0.2) is 30.3 Å². The minimum absolute atomic E-state index is 0.0430. The molecule has 0 spiro atoms. The fourth-order valence-corrected chi connectivity index (χ4v) is 2.78. The highest BCUT2D eigenvalue weighted by molar-refractivity contribution is 5.97. The second-order valence-electron chi connectivity index (χ2n) is 6.21. The van der Waals surface area contributed by atoms with Gasteiger partial charge >= 0.3 is 0 Å². The van der Waals surface area contributed by atoms with E-state index in [1.807, 2.05) is 30.3 Å². The topological polar surface area (TPSA) is 125 Å². The molecule has 0 saturated carbocycles. The van der Waals surface area contributed by atoms with Gasteiger partial charge in [0.25, 0.3) is 17.2 Å². The molecule has 2 aromatic heterocycles. The first-order valence-electron chi connectivity index (χ1n) is 8.77. The number of aromatic nitrogens is 4. The number of nitro benzene ring substituents is 1. The average molecular weight is 402 g/mol. The molecule has 0 unspecified atom stereocenters. The van der Waals surface area contributed by atoms with E-state index in [-0.39, 0.29) is 11.1 Å². The summed E-state index contributed by atoms with van der Waals surface area (Å²) >= 11 is 0. The Labute approximate surface area is 168 Å². The predicted molar refractivity (Wildman–Crippen MR) is 110 cm³/mol. The summed E-state index contributed by atoms with van der Waals surface area (Å²) in [6, 6.07) is 14.9. The minimum atomic E-state index is -0.563. The van der Waals surface area contributed by atoms with Gasteiger partial charge in [0.1, 0.15) is 11.7 Å². The SMILES string of the molecule is O=C(/C=C/c1ccc([N+](=O)[O-])cc1)Nn1cnc2c(cnn2-c2ccccc2)c1=O. The number of nitrogens with zero attached hydrogens (tertiary/aromatic N) is 5. The van der Waals surface area contributed by atoms with Gasteiger partial charge < -0.3 is 0 Å². The van der Waals surface area contributed by atoms with Gasteiger partial charge in [0.2, 0.25) is 0 Å². The molecule has 0 radical (unpaired) electrons. The third kappa shape index (κ3) is 3.69. The Morgan fingerprint density at radius 3 is 2.53 bits per heavy atom. The molecule has 30 heavy (non-hydrogen) atoms. The standard InChI is InChI=1S/C20H14N6O4/c27-18(11-8-14-6-9-16(10-7-14)26(29)30)23-24-13-21-19-17(20(24)28)12-22-25(19)15-4-2-1-3-5-15/h1-13H,(H,23,27)/b11-8+. The number of hydrogen-bond donors (Lipinski definition) is 1. The van der Waals surface area contributed by atoms with E-state index in [0.717, 1.165) is 10.4 Å². The average Bonchev–Trinajstić information content (AvgIpc) is 3.20. The molecule has 10 heteroatoms. The number of rotatable bonds is 5. The number of hydrogen-bond acceptors (Lipinski definition) is 6. The first-order chi connectivity index (χ1) is 14.5. The number of fused-ring (bicyclic) bond motifs is 1. The molecule has 10 nitrogen and oxygen atoms in total. The Bertz CT molecular complexity index is 1320. The Morgan fingerprint density at radius 1 is 1.10 bits per heavy atom. The number of benzene rings is 2. The molecule has 2 aromatic carbocycles. The molecule has 0 saturated heterocycles. The second kappa shape index (κ2) is 7.80. The largest absolute Gasteiger partial charge is 0.283 e. The molecule has 0 atom stereocenters. The third-order valence-electron chi connectivity index (χ3n) is 4.25. The Morgan fingerprint density at radius 2 is 1.83 bits per heavy atom. The molecule has 0 fully saturated rings. The van der Waals surface area contributed by atoms with E-state index in [2.05, 4.69) is 15.5 Å². The van der Waals surface area contributed by atoms with Crippen LogP contribution >= 0.6 is 0 Å². The Hall–Kier alpha value is -4.60. The smallest absolute Gasteiger partial charge is 0.268 e. The van der Waals surface area contributed by atoms with Gasteiger partial charge in [0, 0.05) is 18.2 Å². The van der Waals surface area contributed by atoms with Gasteiger partial charge in [-0.3, -0.25) is 25.1 Å². The maximum atomic E-state index is 12.7. The summed E-state index contributed by atoms with van der Waals surface area (Å²) < 4.78 is 2.51. The van der Waals surface area contributed by atoms with Gasteiger partial charge in [-0.15, -0.1) is 0 Å². The van der Waals surface area contributed by atoms with Crippen molar-refractivity contribution in [2.24, 2.45) is 0 Å². The summed E-state index contributed by atoms with van der Waals surface area (Å²) in [6.45, 7) is 0. The molecule has 0 bridgehead atoms. The summed E-state index contributed by atoms with van der Waals surface area (Å²) in [5.41, 5.74) is 3.63. The van der Waals surface area contributed by atoms with Crippen molar-refractivity contribution in [1.82, 2.24) is 19.4 Å². The van der Waals surface area contributed by atoms with Gasteiger partial charge in [-0.2, -0.15) is 5.10 Å². The quantitative estimate of drug-likeness (QED) is 0.310. The Balaban J connectivity index is 1.54. The van der Waals surface area contributed by atoms with E-state index in [1.54, 1.807) is 0 Å². The van der Waals surface area contributed by atoms with Crippen molar-refractivity contribution in [3.05, 3.63) is 99.2 Å². The third-order valence-corrected chi connectivity index (χ3v) is 4.25. The van der Waals surface area contributed by atoms with Gasteiger partial charge in [0.15, 0.2) is 5.65 Å². The van der Waals surface area contributed by atoms with Crippen molar-refractivity contribution < 1.29 is 9.72 Å². The van der Waals surface area contributed by atoms with Crippen LogP contribution in [0, 0.1) is 10.1 Å². The van der Waals surface area contributed by atoms with Crippen LogP contribution in [0.5, 0.6) is 0 Å². The van der Waals surface area contributed by atoms with E-state index < -0.39 is 16.4 Å². The van der Waals surface area contributed by atoms with Gasteiger partial charge in [-0.25, -0.2) is 14.3 Å². The van der Waals surface area contributed by atoms with Crippen molar-refractivity contribution in [3.8, 4) is 5.69 Å². The lowest BCUT2D eigenvalue weighted by molar-refractivity contribution is -0.384. The van der Waals surface area contributed by atoms with E-state index >= 15 is 0 Å². The van der Waals surface area contributed by atoms with Crippen molar-refractivity contribution in [2.45, 2.75) is 0 Å². The van der Waals surface area contributed by atoms with Crippen molar-refractivity contribution in [3.63, 3.8) is 0 Å². The summed E-state index contributed by atoms with van der Waals surface area (Å²) in [5.74, 6) is -0.563. The zero-order valence-corrected chi connectivity index (χ0v) is 15.4. The van der Waals surface area contributed by atoms with Crippen LogP contribution in [0.4, 0.5) is 5.69 Å². The van der Waals surface area contributed by atoms with Gasteiger partial charge in [-0.1, -0.05) is 18.2 Å². The maximum Gasteiger partial charge on any atom is 0.283 e. The highest BCUT2D eigenvalue weighted by Gasteiger charge is 2.12. The maximum absolute atomic E-state index is 12.7. The van der Waals surface area contributed by atoms with Gasteiger partial charge in [0.05, 0.1) is 16.8 Å². The summed E-state index contributed by atoms with van der Waals surface area (Å²) in [6.07, 6.45) is 5.30. The first-order valence-corrected chi connectivity index (χ1v) is 8.77. The zero-order valence-electron chi connectivity index (χ0n) is 15.4. The van der Waals surface area contributed by atoms with Crippen LogP contribution in [0.2, 0.25) is 0 Å². The van der Waals surface area contributed by atoms with E-state index in [9.17, 15) is 19.7 Å². The molecule has 0 aliphatic heterocycles. The fourth-order valence-electron chi connectivity index (χ4n) is 2.78. The molecular formula is C20H14N6O4. The number of non-ortho nitro benzene ring substituents is 1. The normalized spacial score (nSPS) is 11.1. The molecular weight excluding hydrogens is 388 g/mol. The van der Waals surface area contributed by atoms with Crippen molar-refractivity contribution in [2.75, 3.05) is 5.43 Å². The lowest BCUT2D eigenvalue weighted by Crippen LogP contribution is -2.32. The fraction of sp³-hybridized carbons (Fsp3) is 0. The number of amides is 1. The van der Waals surface area contributed by atoms with Crippen LogP contribution < -0.4 is 11.0 Å². The van der Waals surface area contributed by atoms with Crippen LogP contribution in [0.15, 0.2) is 78.0 Å². The number of nitro groups is 1. The number of para-hydroxylation sites is 1. The second-order valence-corrected chi connectivity index (χ2v) is 6.21. The highest BCUT2D eigenvalue weighted by Crippen LogP contribution is 2.14. The lowest BCUT2D eigenvalue weighted by atomic mass is 10.2. The Kier molecular flexibility index (Phi) is 4.87. The van der Waals surface area contributed by atoms with Crippen LogP contribution in [0.1, 0.15) is 5.56 Å². The van der Waals surface area contributed by atoms with Crippen LogP contribution in [0.25, 0.3) is 22.8 Å². The summed E-state index contributed by atoms with van der Waals surface area (Å²) in [7, 11) is 0. The molecule has 0 aliphatic carbocycles. The number of carbonyl (C=O) groups excluding carboxylic acids is 1. The predicted octanol–water partition coefficient (Wildman–Crippen LogP) is 2.27. The first kappa shape index (κ1) is 18.7. The molecule has 148 valence electrons. The van der Waals surface area contributed by atoms with E-state index in [0.29, 0.717) is 11.2 Å². The van der Waals surface area contributed by atoms with Crippen LogP contribution in [-0.2, 0) is 4.79 Å². The minimum Gasteiger partial charge on any atom is -0.268 e. The summed E-state index contributed by atoms with van der Waals surface area (Å²) in [4.78, 5) is 39.2. The molecule has 1 N–H and O–H groups in total. The van der Waals surface area contributed by atoms with E-state index in [4.69, 9.17) is 0 Å². The zero-order chi connectivity index (χ0) is 21.1. The van der Waals surface area contributed by atoms with E-state index in [1.165, 1.54) is 53.6 Å². The highest BCUT2D eigenvalue weighted by atomic mass is 16.6. The molecule has 0 aliphatic rings.